The zero-order valence-electron chi connectivity index (χ0n) is 21.8. The second kappa shape index (κ2) is 15.5. The fourth-order valence-electron chi connectivity index (χ4n) is 6.08. The van der Waals surface area contributed by atoms with E-state index in [0.29, 0.717) is 5.92 Å². The van der Waals surface area contributed by atoms with Gasteiger partial charge in [-0.25, -0.2) is 0 Å². The first-order valence-electron chi connectivity index (χ1n) is 14.5. The SMILES string of the molecule is CCCCCCC[C@H]1CC[C@H](C2CCC(C#Cc3ccc(OCCCCC)cc3)CC2)CC1. The molecule has 2 aliphatic carbocycles. The van der Waals surface area contributed by atoms with E-state index in [-0.39, 0.29) is 0 Å². The van der Waals surface area contributed by atoms with Crippen molar-refractivity contribution in [1.29, 1.82) is 0 Å². The van der Waals surface area contributed by atoms with Crippen LogP contribution in [0.2, 0.25) is 0 Å². The molecule has 0 spiro atoms. The summed E-state index contributed by atoms with van der Waals surface area (Å²) in [5, 5.41) is 0. The van der Waals surface area contributed by atoms with Crippen LogP contribution < -0.4 is 4.74 Å². The third-order valence-corrected chi connectivity index (χ3v) is 8.34. The standard InChI is InChI=1S/C32H50O/c1-3-5-7-8-9-11-27-14-20-30(21-15-27)31-22-16-28(17-23-31)12-13-29-18-24-32(25-19-29)33-26-10-6-4-2/h18-19,24-25,27-28,30-31H,3-11,14-17,20-23,26H2,1-2H3/t27-,28?,30-,31?. The summed E-state index contributed by atoms with van der Waals surface area (Å²) in [4.78, 5) is 0. The van der Waals surface area contributed by atoms with Crippen LogP contribution in [0.15, 0.2) is 24.3 Å². The predicted molar refractivity (Wildman–Crippen MR) is 143 cm³/mol. The van der Waals surface area contributed by atoms with Crippen molar-refractivity contribution in [3.63, 3.8) is 0 Å². The van der Waals surface area contributed by atoms with E-state index in [0.717, 1.165) is 42.1 Å². The lowest BCUT2D eigenvalue weighted by atomic mass is 9.69. The first-order chi connectivity index (χ1) is 16.3. The molecule has 33 heavy (non-hydrogen) atoms. The van der Waals surface area contributed by atoms with Gasteiger partial charge in [0.2, 0.25) is 0 Å². The Labute approximate surface area is 205 Å². The largest absolute Gasteiger partial charge is 0.494 e. The second-order valence-corrected chi connectivity index (χ2v) is 10.9. The molecular formula is C32H50O. The van der Waals surface area contributed by atoms with Crippen LogP contribution in [0.5, 0.6) is 5.75 Å². The van der Waals surface area contributed by atoms with E-state index < -0.39 is 0 Å². The summed E-state index contributed by atoms with van der Waals surface area (Å²) >= 11 is 0. The van der Waals surface area contributed by atoms with Crippen LogP contribution >= 0.6 is 0 Å². The van der Waals surface area contributed by atoms with Gasteiger partial charge >= 0.3 is 0 Å². The second-order valence-electron chi connectivity index (χ2n) is 10.9. The molecule has 2 aliphatic rings. The smallest absolute Gasteiger partial charge is 0.119 e. The highest BCUT2D eigenvalue weighted by atomic mass is 16.5. The molecule has 0 amide bonds. The molecule has 0 aromatic heterocycles. The van der Waals surface area contributed by atoms with Gasteiger partial charge in [0.15, 0.2) is 0 Å². The Balaban J connectivity index is 1.31. The van der Waals surface area contributed by atoms with E-state index >= 15 is 0 Å². The quantitative estimate of drug-likeness (QED) is 0.227. The summed E-state index contributed by atoms with van der Waals surface area (Å²) in [6, 6.07) is 8.40. The molecule has 2 fully saturated rings. The van der Waals surface area contributed by atoms with Crippen LogP contribution in [-0.4, -0.2) is 6.61 Å². The van der Waals surface area contributed by atoms with E-state index in [9.17, 15) is 0 Å². The molecule has 0 atom stereocenters. The van der Waals surface area contributed by atoms with E-state index in [1.54, 1.807) is 0 Å². The fourth-order valence-corrected chi connectivity index (χ4v) is 6.08. The molecule has 0 N–H and O–H groups in total. The molecule has 184 valence electrons. The maximum absolute atomic E-state index is 5.82. The van der Waals surface area contributed by atoms with Gasteiger partial charge in [0.05, 0.1) is 6.61 Å². The van der Waals surface area contributed by atoms with Gasteiger partial charge in [-0.2, -0.15) is 0 Å². The summed E-state index contributed by atoms with van der Waals surface area (Å²) < 4.78 is 5.82. The molecule has 1 aromatic rings. The Morgan fingerprint density at radius 1 is 0.697 bits per heavy atom. The molecule has 0 saturated heterocycles. The lowest BCUT2D eigenvalue weighted by Gasteiger charge is -2.37. The molecule has 1 nitrogen and oxygen atoms in total. The Morgan fingerprint density at radius 2 is 1.30 bits per heavy atom. The van der Waals surface area contributed by atoms with Crippen LogP contribution in [0.3, 0.4) is 0 Å². The van der Waals surface area contributed by atoms with Crippen LogP contribution in [0, 0.1) is 35.5 Å². The summed E-state index contributed by atoms with van der Waals surface area (Å²) in [6.07, 6.45) is 23.8. The average molecular weight is 451 g/mol. The summed E-state index contributed by atoms with van der Waals surface area (Å²) in [6.45, 7) is 5.36. The van der Waals surface area contributed by atoms with Crippen LogP contribution in [-0.2, 0) is 0 Å². The van der Waals surface area contributed by atoms with E-state index in [4.69, 9.17) is 4.74 Å². The number of unbranched alkanes of at least 4 members (excludes halogenated alkanes) is 6. The fraction of sp³-hybridized carbons (Fsp3) is 0.750. The third-order valence-electron chi connectivity index (χ3n) is 8.34. The highest BCUT2D eigenvalue weighted by Gasteiger charge is 2.30. The minimum Gasteiger partial charge on any atom is -0.494 e. The summed E-state index contributed by atoms with van der Waals surface area (Å²) in [5.41, 5.74) is 1.13. The highest BCUT2D eigenvalue weighted by molar-refractivity contribution is 5.38. The summed E-state index contributed by atoms with van der Waals surface area (Å²) in [7, 11) is 0. The van der Waals surface area contributed by atoms with Gasteiger partial charge in [-0.15, -0.1) is 0 Å². The molecule has 0 radical (unpaired) electrons. The van der Waals surface area contributed by atoms with Gasteiger partial charge < -0.3 is 4.74 Å². The first-order valence-corrected chi connectivity index (χ1v) is 14.5. The number of benzene rings is 1. The lowest BCUT2D eigenvalue weighted by molar-refractivity contribution is 0.153. The zero-order valence-corrected chi connectivity index (χ0v) is 21.8. The lowest BCUT2D eigenvalue weighted by Crippen LogP contribution is -2.25. The molecule has 0 bridgehead atoms. The average Bonchev–Trinajstić information content (AvgIpc) is 2.87. The summed E-state index contributed by atoms with van der Waals surface area (Å²) in [5.74, 6) is 11.7. The van der Waals surface area contributed by atoms with Gasteiger partial charge in [-0.3, -0.25) is 0 Å². The predicted octanol–water partition coefficient (Wildman–Crippen LogP) is 9.58. The maximum Gasteiger partial charge on any atom is 0.119 e. The number of rotatable bonds is 12. The van der Waals surface area contributed by atoms with Crippen molar-refractivity contribution in [2.75, 3.05) is 6.61 Å². The van der Waals surface area contributed by atoms with Gasteiger partial charge in [-0.1, -0.05) is 89.9 Å². The van der Waals surface area contributed by atoms with Gasteiger partial charge in [0, 0.05) is 11.5 Å². The molecular weight excluding hydrogens is 400 g/mol. The van der Waals surface area contributed by atoms with E-state index in [1.165, 1.54) is 103 Å². The van der Waals surface area contributed by atoms with Crippen molar-refractivity contribution < 1.29 is 4.74 Å². The van der Waals surface area contributed by atoms with Crippen molar-refractivity contribution in [1.82, 2.24) is 0 Å². The molecule has 0 aliphatic heterocycles. The van der Waals surface area contributed by atoms with Gasteiger partial charge in [-0.05, 0) is 87.0 Å². The Bertz CT molecular complexity index is 677. The number of hydrogen-bond acceptors (Lipinski definition) is 1. The Hall–Kier alpha value is -1.42. The highest BCUT2D eigenvalue weighted by Crippen LogP contribution is 2.42. The van der Waals surface area contributed by atoms with Gasteiger partial charge in [0.1, 0.15) is 5.75 Å². The normalized spacial score (nSPS) is 25.3. The van der Waals surface area contributed by atoms with E-state index in [1.807, 2.05) is 0 Å². The molecule has 1 aromatic carbocycles. The van der Waals surface area contributed by atoms with Crippen molar-refractivity contribution >= 4 is 0 Å². The number of hydrogen-bond donors (Lipinski definition) is 0. The monoisotopic (exact) mass is 450 g/mol. The minimum atomic E-state index is 0.602. The molecule has 0 unspecified atom stereocenters. The minimum absolute atomic E-state index is 0.602. The Morgan fingerprint density at radius 3 is 1.97 bits per heavy atom. The molecule has 3 rings (SSSR count). The van der Waals surface area contributed by atoms with Gasteiger partial charge in [0.25, 0.3) is 0 Å². The van der Waals surface area contributed by atoms with Crippen molar-refractivity contribution in [3.8, 4) is 17.6 Å². The van der Waals surface area contributed by atoms with Crippen LogP contribution in [0.1, 0.15) is 129 Å². The van der Waals surface area contributed by atoms with Crippen molar-refractivity contribution in [2.45, 2.75) is 123 Å². The molecule has 0 heterocycles. The number of ether oxygens (including phenoxy) is 1. The maximum atomic E-state index is 5.82. The van der Waals surface area contributed by atoms with Crippen molar-refractivity contribution in [2.24, 2.45) is 23.7 Å². The van der Waals surface area contributed by atoms with E-state index in [2.05, 4.69) is 50.0 Å². The molecule has 1 heteroatoms. The third kappa shape index (κ3) is 9.76. The topological polar surface area (TPSA) is 9.23 Å². The van der Waals surface area contributed by atoms with Crippen LogP contribution in [0.4, 0.5) is 0 Å². The Kier molecular flexibility index (Phi) is 12.3. The first kappa shape index (κ1) is 26.2. The molecule has 2 saturated carbocycles. The van der Waals surface area contributed by atoms with Crippen molar-refractivity contribution in [3.05, 3.63) is 29.8 Å². The zero-order chi connectivity index (χ0) is 23.1. The van der Waals surface area contributed by atoms with Crippen LogP contribution in [0.25, 0.3) is 0 Å².